The van der Waals surface area contributed by atoms with Crippen molar-refractivity contribution in [2.24, 2.45) is 0 Å². The summed E-state index contributed by atoms with van der Waals surface area (Å²) < 4.78 is 44.1. The van der Waals surface area contributed by atoms with Gasteiger partial charge in [-0.3, -0.25) is 0 Å². The number of benzene rings is 1. The molecule has 0 unspecified atom stereocenters. The summed E-state index contributed by atoms with van der Waals surface area (Å²) in [7, 11) is 0. The highest BCUT2D eigenvalue weighted by Crippen LogP contribution is 2.31. The van der Waals surface area contributed by atoms with Gasteiger partial charge in [-0.2, -0.15) is 0 Å². The first-order valence-electron chi connectivity index (χ1n) is 4.06. The lowest BCUT2D eigenvalue weighted by Crippen LogP contribution is -2.06. The second-order valence-electron chi connectivity index (χ2n) is 2.74. The molecule has 0 atom stereocenters. The van der Waals surface area contributed by atoms with E-state index in [1.165, 1.54) is 6.92 Å². The van der Waals surface area contributed by atoms with Gasteiger partial charge in [0.2, 0.25) is 0 Å². The zero-order chi connectivity index (χ0) is 10.9. The topological polar surface area (TPSA) is 35.2 Å². The van der Waals surface area contributed by atoms with Crippen LogP contribution in [0.2, 0.25) is 0 Å². The van der Waals surface area contributed by atoms with Crippen molar-refractivity contribution in [1.29, 1.82) is 0 Å². The lowest BCUT2D eigenvalue weighted by molar-refractivity contribution is 0.300. The summed E-state index contributed by atoms with van der Waals surface area (Å²) in [5.41, 5.74) is 4.03. The van der Waals surface area contributed by atoms with Crippen LogP contribution in [0.3, 0.4) is 0 Å². The molecule has 0 aromatic heterocycles. The standard InChI is InChI=1S/C9H10F3NO/c1-3-14-9-6(11)4(2)5(10)8(13)7(9)12/h3,13H2,1-2H3. The molecule has 0 heterocycles. The Kier molecular flexibility index (Phi) is 2.88. The minimum Gasteiger partial charge on any atom is -0.488 e. The average Bonchev–Trinajstić information content (AvgIpc) is 2.19. The number of hydrogen-bond acceptors (Lipinski definition) is 2. The first-order chi connectivity index (χ1) is 6.50. The molecule has 2 N–H and O–H groups in total. The van der Waals surface area contributed by atoms with E-state index >= 15 is 0 Å². The summed E-state index contributed by atoms with van der Waals surface area (Å²) in [5.74, 6) is -3.93. The zero-order valence-corrected chi connectivity index (χ0v) is 7.83. The van der Waals surface area contributed by atoms with E-state index in [1.54, 1.807) is 6.92 Å². The largest absolute Gasteiger partial charge is 0.488 e. The quantitative estimate of drug-likeness (QED) is 0.752. The molecule has 78 valence electrons. The Morgan fingerprint density at radius 1 is 1.14 bits per heavy atom. The van der Waals surface area contributed by atoms with Gasteiger partial charge in [-0.1, -0.05) is 0 Å². The van der Waals surface area contributed by atoms with Crippen molar-refractivity contribution in [1.82, 2.24) is 0 Å². The molecule has 0 spiro atoms. The Morgan fingerprint density at radius 2 is 1.71 bits per heavy atom. The number of nitrogen functional groups attached to an aromatic ring is 1. The third kappa shape index (κ3) is 1.49. The van der Waals surface area contributed by atoms with E-state index in [9.17, 15) is 13.2 Å². The zero-order valence-electron chi connectivity index (χ0n) is 7.83. The summed E-state index contributed by atoms with van der Waals surface area (Å²) >= 11 is 0. The minimum atomic E-state index is -1.19. The lowest BCUT2D eigenvalue weighted by atomic mass is 10.1. The van der Waals surface area contributed by atoms with Crippen LogP contribution in [0.1, 0.15) is 12.5 Å². The molecule has 0 aliphatic carbocycles. The van der Waals surface area contributed by atoms with Gasteiger partial charge in [0.25, 0.3) is 0 Å². The number of halogens is 3. The van der Waals surface area contributed by atoms with E-state index in [0.29, 0.717) is 0 Å². The Hall–Kier alpha value is -1.39. The number of ether oxygens (including phenoxy) is 1. The van der Waals surface area contributed by atoms with E-state index in [4.69, 9.17) is 5.73 Å². The Morgan fingerprint density at radius 3 is 2.21 bits per heavy atom. The van der Waals surface area contributed by atoms with Crippen LogP contribution in [0.15, 0.2) is 0 Å². The van der Waals surface area contributed by atoms with E-state index in [0.717, 1.165) is 0 Å². The molecule has 0 radical (unpaired) electrons. The van der Waals surface area contributed by atoms with Gasteiger partial charge in [-0.15, -0.1) is 0 Å². The van der Waals surface area contributed by atoms with Gasteiger partial charge in [0.1, 0.15) is 5.69 Å². The number of nitrogens with two attached hydrogens (primary N) is 1. The lowest BCUT2D eigenvalue weighted by Gasteiger charge is -2.11. The smallest absolute Gasteiger partial charge is 0.193 e. The SMILES string of the molecule is CCOc1c(F)c(C)c(F)c(N)c1F. The highest BCUT2D eigenvalue weighted by Gasteiger charge is 2.21. The second-order valence-corrected chi connectivity index (χ2v) is 2.74. The van der Waals surface area contributed by atoms with Crippen molar-refractivity contribution >= 4 is 5.69 Å². The molecule has 0 aliphatic rings. The van der Waals surface area contributed by atoms with Gasteiger partial charge < -0.3 is 10.5 Å². The second kappa shape index (κ2) is 3.77. The molecule has 0 aliphatic heterocycles. The molecular formula is C9H10F3NO. The van der Waals surface area contributed by atoms with Crippen LogP contribution in [0.25, 0.3) is 0 Å². The van der Waals surface area contributed by atoms with Crippen molar-refractivity contribution in [3.8, 4) is 5.75 Å². The maximum atomic E-state index is 13.2. The molecule has 0 fully saturated rings. The van der Waals surface area contributed by atoms with Crippen LogP contribution in [0, 0.1) is 24.4 Å². The summed E-state index contributed by atoms with van der Waals surface area (Å²) in [4.78, 5) is 0. The molecular weight excluding hydrogens is 195 g/mol. The van der Waals surface area contributed by atoms with Crippen molar-refractivity contribution in [3.05, 3.63) is 23.0 Å². The third-order valence-electron chi connectivity index (χ3n) is 1.82. The molecule has 0 saturated carbocycles. The van der Waals surface area contributed by atoms with Crippen LogP contribution in [0.5, 0.6) is 5.75 Å². The van der Waals surface area contributed by atoms with Crippen molar-refractivity contribution in [3.63, 3.8) is 0 Å². The first-order valence-corrected chi connectivity index (χ1v) is 4.06. The molecule has 1 aromatic rings. The summed E-state index contributed by atoms with van der Waals surface area (Å²) in [6, 6.07) is 0. The molecule has 0 amide bonds. The van der Waals surface area contributed by atoms with Crippen LogP contribution >= 0.6 is 0 Å². The number of hydrogen-bond donors (Lipinski definition) is 1. The molecule has 1 rings (SSSR count). The van der Waals surface area contributed by atoms with Crippen molar-refractivity contribution in [2.45, 2.75) is 13.8 Å². The van der Waals surface area contributed by atoms with Crippen LogP contribution < -0.4 is 10.5 Å². The molecule has 2 nitrogen and oxygen atoms in total. The summed E-state index contributed by atoms with van der Waals surface area (Å²) in [6.45, 7) is 2.81. The van der Waals surface area contributed by atoms with E-state index in [2.05, 4.69) is 4.74 Å². The maximum Gasteiger partial charge on any atom is 0.193 e. The Balaban J connectivity index is 3.43. The van der Waals surface area contributed by atoms with E-state index in [1.807, 2.05) is 0 Å². The number of rotatable bonds is 2. The Labute approximate surface area is 79.5 Å². The van der Waals surface area contributed by atoms with Crippen molar-refractivity contribution < 1.29 is 17.9 Å². The van der Waals surface area contributed by atoms with Crippen LogP contribution in [-0.4, -0.2) is 6.61 Å². The fourth-order valence-corrected chi connectivity index (χ4v) is 1.05. The van der Waals surface area contributed by atoms with Gasteiger partial charge in [-0.25, -0.2) is 13.2 Å². The Bertz CT molecular complexity index is 337. The first kappa shape index (κ1) is 10.7. The van der Waals surface area contributed by atoms with E-state index in [-0.39, 0.29) is 12.2 Å². The predicted octanol–water partition coefficient (Wildman–Crippen LogP) is 2.39. The predicted molar refractivity (Wildman–Crippen MR) is 46.6 cm³/mol. The van der Waals surface area contributed by atoms with Gasteiger partial charge in [0, 0.05) is 5.56 Å². The van der Waals surface area contributed by atoms with Crippen LogP contribution in [0.4, 0.5) is 18.9 Å². The third-order valence-corrected chi connectivity index (χ3v) is 1.82. The highest BCUT2D eigenvalue weighted by molar-refractivity contribution is 5.51. The van der Waals surface area contributed by atoms with Crippen molar-refractivity contribution in [2.75, 3.05) is 12.3 Å². The molecule has 1 aromatic carbocycles. The molecule has 0 saturated heterocycles. The summed E-state index contributed by atoms with van der Waals surface area (Å²) in [6.07, 6.45) is 0. The minimum absolute atomic E-state index is 0.0817. The molecule has 14 heavy (non-hydrogen) atoms. The fourth-order valence-electron chi connectivity index (χ4n) is 1.05. The average molecular weight is 205 g/mol. The summed E-state index contributed by atoms with van der Waals surface area (Å²) in [5, 5.41) is 0. The maximum absolute atomic E-state index is 13.2. The normalized spacial score (nSPS) is 10.4. The fraction of sp³-hybridized carbons (Fsp3) is 0.333. The van der Waals surface area contributed by atoms with Gasteiger partial charge in [-0.05, 0) is 13.8 Å². The molecule has 0 bridgehead atoms. The number of anilines is 1. The monoisotopic (exact) mass is 205 g/mol. The van der Waals surface area contributed by atoms with Gasteiger partial charge in [0.05, 0.1) is 6.61 Å². The highest BCUT2D eigenvalue weighted by atomic mass is 19.1. The van der Waals surface area contributed by atoms with E-state index < -0.39 is 28.9 Å². The van der Waals surface area contributed by atoms with Gasteiger partial charge in [0.15, 0.2) is 23.2 Å². The van der Waals surface area contributed by atoms with Crippen LogP contribution in [-0.2, 0) is 0 Å². The molecule has 5 heteroatoms. The van der Waals surface area contributed by atoms with Gasteiger partial charge >= 0.3 is 0 Å².